The van der Waals surface area contributed by atoms with Gasteiger partial charge in [0.15, 0.2) is 0 Å². The molecule has 1 aromatic carbocycles. The van der Waals surface area contributed by atoms with Gasteiger partial charge in [0.1, 0.15) is 17.6 Å². The fourth-order valence-corrected chi connectivity index (χ4v) is 2.42. The highest BCUT2D eigenvalue weighted by atomic mass is 19.4. The molecule has 8 heteroatoms. The molecule has 0 spiro atoms. The maximum atomic E-state index is 12.7. The molecule has 0 bridgehead atoms. The fraction of sp³-hybridized carbons (Fsp3) is 0.222. The minimum atomic E-state index is -4.44. The summed E-state index contributed by atoms with van der Waals surface area (Å²) in [6.45, 7) is 0. The first-order valence-corrected chi connectivity index (χ1v) is 7.58. The van der Waals surface area contributed by atoms with Gasteiger partial charge in [0.2, 0.25) is 6.29 Å². The summed E-state index contributed by atoms with van der Waals surface area (Å²) in [5.74, 6) is -0.533. The zero-order chi connectivity index (χ0) is 18.7. The van der Waals surface area contributed by atoms with Crippen molar-refractivity contribution < 1.29 is 32.2 Å². The second-order valence-corrected chi connectivity index (χ2v) is 5.41. The van der Waals surface area contributed by atoms with Gasteiger partial charge >= 0.3 is 12.1 Å². The van der Waals surface area contributed by atoms with E-state index in [-0.39, 0.29) is 5.76 Å². The number of carbonyl (C=O) groups excluding carboxylic acids is 1. The molecular formula is C18H14F3NO4. The number of carbonyl (C=O) groups is 1. The lowest BCUT2D eigenvalue weighted by molar-refractivity contribution is -0.137. The minimum Gasteiger partial charge on any atom is -0.466 e. The quantitative estimate of drug-likeness (QED) is 0.609. The van der Waals surface area contributed by atoms with Gasteiger partial charge in [-0.05, 0) is 29.8 Å². The van der Waals surface area contributed by atoms with Crippen LogP contribution < -0.4 is 0 Å². The zero-order valence-electron chi connectivity index (χ0n) is 13.6. The van der Waals surface area contributed by atoms with Crippen molar-refractivity contribution in [1.82, 2.24) is 4.98 Å². The number of aromatic nitrogens is 1. The summed E-state index contributed by atoms with van der Waals surface area (Å²) in [5, 5.41) is 0. The monoisotopic (exact) mass is 365 g/mol. The van der Waals surface area contributed by atoms with E-state index in [0.717, 1.165) is 18.2 Å². The van der Waals surface area contributed by atoms with Crippen LogP contribution in [-0.4, -0.2) is 18.1 Å². The van der Waals surface area contributed by atoms with Gasteiger partial charge in [-0.3, -0.25) is 4.98 Å². The van der Waals surface area contributed by atoms with Crippen LogP contribution in [0.4, 0.5) is 13.2 Å². The minimum absolute atomic E-state index is 0.132. The van der Waals surface area contributed by atoms with Gasteiger partial charge in [-0.2, -0.15) is 13.2 Å². The Labute approximate surface area is 147 Å². The molecular weight excluding hydrogens is 351 g/mol. The van der Waals surface area contributed by atoms with Crippen LogP contribution in [0, 0.1) is 0 Å². The molecule has 2 heterocycles. The van der Waals surface area contributed by atoms with Gasteiger partial charge in [-0.25, -0.2) is 4.79 Å². The van der Waals surface area contributed by atoms with Gasteiger partial charge in [-0.1, -0.05) is 18.2 Å². The van der Waals surface area contributed by atoms with Crippen LogP contribution in [0.3, 0.4) is 0 Å². The number of hydrogen-bond acceptors (Lipinski definition) is 5. The summed E-state index contributed by atoms with van der Waals surface area (Å²) in [4.78, 5) is 15.7. The molecule has 1 aliphatic rings. The number of rotatable bonds is 3. The normalized spacial score (nSPS) is 21.5. The molecule has 1 aliphatic heterocycles. The summed E-state index contributed by atoms with van der Waals surface area (Å²) in [6.07, 6.45) is -3.53. The second-order valence-electron chi connectivity index (χ2n) is 5.41. The molecule has 26 heavy (non-hydrogen) atoms. The SMILES string of the molecule is COC(=O)/C=C1/O[C@H](c2ccccn2)O[C@@H]1c1ccc(C(F)(F)F)cc1. The number of benzene rings is 1. The predicted octanol–water partition coefficient (Wildman–Crippen LogP) is 3.94. The van der Waals surface area contributed by atoms with Crippen LogP contribution in [0.15, 0.2) is 60.5 Å². The molecule has 1 saturated heterocycles. The Morgan fingerprint density at radius 3 is 2.50 bits per heavy atom. The molecule has 0 radical (unpaired) electrons. The first-order valence-electron chi connectivity index (χ1n) is 7.58. The van der Waals surface area contributed by atoms with Crippen molar-refractivity contribution in [3.05, 3.63) is 77.3 Å². The molecule has 0 amide bonds. The summed E-state index contributed by atoms with van der Waals surface area (Å²) in [5.41, 5.74) is 0.101. The molecule has 0 aliphatic carbocycles. The van der Waals surface area contributed by atoms with E-state index in [1.807, 2.05) is 0 Å². The Hall–Kier alpha value is -2.87. The van der Waals surface area contributed by atoms with Gasteiger partial charge < -0.3 is 14.2 Å². The number of ether oxygens (including phenoxy) is 3. The third kappa shape index (κ3) is 3.85. The van der Waals surface area contributed by atoms with Crippen molar-refractivity contribution in [2.24, 2.45) is 0 Å². The van der Waals surface area contributed by atoms with Gasteiger partial charge in [0, 0.05) is 6.20 Å². The molecule has 1 fully saturated rings. The molecule has 0 unspecified atom stereocenters. The highest BCUT2D eigenvalue weighted by Crippen LogP contribution is 2.42. The number of hydrogen-bond donors (Lipinski definition) is 0. The Kier molecular flexibility index (Phi) is 4.94. The lowest BCUT2D eigenvalue weighted by Crippen LogP contribution is -2.07. The highest BCUT2D eigenvalue weighted by Gasteiger charge is 2.36. The first-order chi connectivity index (χ1) is 12.4. The highest BCUT2D eigenvalue weighted by molar-refractivity contribution is 5.82. The Morgan fingerprint density at radius 1 is 1.19 bits per heavy atom. The van der Waals surface area contributed by atoms with Crippen LogP contribution in [0.1, 0.15) is 29.2 Å². The van der Waals surface area contributed by atoms with Crippen molar-refractivity contribution in [1.29, 1.82) is 0 Å². The number of esters is 1. The van der Waals surface area contributed by atoms with Crippen molar-refractivity contribution in [3.8, 4) is 0 Å². The fourth-order valence-electron chi connectivity index (χ4n) is 2.42. The van der Waals surface area contributed by atoms with Crippen LogP contribution in [-0.2, 0) is 25.2 Å². The molecule has 0 saturated carbocycles. The molecule has 3 rings (SSSR count). The number of alkyl halides is 3. The van der Waals surface area contributed by atoms with E-state index in [1.165, 1.54) is 19.2 Å². The molecule has 5 nitrogen and oxygen atoms in total. The van der Waals surface area contributed by atoms with E-state index in [4.69, 9.17) is 9.47 Å². The van der Waals surface area contributed by atoms with Gasteiger partial charge in [-0.15, -0.1) is 0 Å². The Bertz CT molecular complexity index is 803. The Balaban J connectivity index is 1.91. The number of pyridine rings is 1. The second kappa shape index (κ2) is 7.17. The summed E-state index contributed by atoms with van der Waals surface area (Å²) in [7, 11) is 1.21. The first kappa shape index (κ1) is 17.9. The maximum Gasteiger partial charge on any atom is 0.416 e. The number of methoxy groups -OCH3 is 1. The van der Waals surface area contributed by atoms with E-state index in [0.29, 0.717) is 11.3 Å². The predicted molar refractivity (Wildman–Crippen MR) is 83.4 cm³/mol. The van der Waals surface area contributed by atoms with Crippen LogP contribution in [0.5, 0.6) is 0 Å². The third-order valence-corrected chi connectivity index (χ3v) is 3.69. The maximum absolute atomic E-state index is 12.7. The van der Waals surface area contributed by atoms with Crippen LogP contribution in [0.25, 0.3) is 0 Å². The Morgan fingerprint density at radius 2 is 1.92 bits per heavy atom. The van der Waals surface area contributed by atoms with E-state index >= 15 is 0 Å². The molecule has 136 valence electrons. The lowest BCUT2D eigenvalue weighted by Gasteiger charge is -2.12. The summed E-state index contributed by atoms with van der Waals surface area (Å²) >= 11 is 0. The average Bonchev–Trinajstić information content (AvgIpc) is 3.05. The molecule has 2 aromatic rings. The van der Waals surface area contributed by atoms with E-state index in [1.54, 1.807) is 24.4 Å². The number of nitrogens with zero attached hydrogens (tertiary/aromatic N) is 1. The molecule has 0 N–H and O–H groups in total. The van der Waals surface area contributed by atoms with Gasteiger partial charge in [0.25, 0.3) is 0 Å². The van der Waals surface area contributed by atoms with Crippen LogP contribution in [0.2, 0.25) is 0 Å². The largest absolute Gasteiger partial charge is 0.466 e. The number of halogens is 3. The van der Waals surface area contributed by atoms with Crippen molar-refractivity contribution in [2.75, 3.05) is 7.11 Å². The lowest BCUT2D eigenvalue weighted by atomic mass is 10.1. The summed E-state index contributed by atoms with van der Waals surface area (Å²) in [6, 6.07) is 9.59. The average molecular weight is 365 g/mol. The smallest absolute Gasteiger partial charge is 0.416 e. The topological polar surface area (TPSA) is 57.7 Å². The standard InChI is InChI=1S/C18H14F3NO4/c1-24-15(23)10-14-16(11-5-7-12(8-6-11)18(19,20)21)26-17(25-14)13-4-2-3-9-22-13/h2-10,16-17H,1H3/b14-10+/t16-,17+/m1/s1. The van der Waals surface area contributed by atoms with E-state index < -0.39 is 30.1 Å². The summed E-state index contributed by atoms with van der Waals surface area (Å²) < 4.78 is 54.2. The zero-order valence-corrected chi connectivity index (χ0v) is 13.6. The van der Waals surface area contributed by atoms with Crippen molar-refractivity contribution in [3.63, 3.8) is 0 Å². The van der Waals surface area contributed by atoms with Crippen molar-refractivity contribution in [2.45, 2.75) is 18.6 Å². The van der Waals surface area contributed by atoms with Gasteiger partial charge in [0.05, 0.1) is 18.7 Å². The molecule has 2 atom stereocenters. The van der Waals surface area contributed by atoms with Crippen molar-refractivity contribution >= 4 is 5.97 Å². The van der Waals surface area contributed by atoms with E-state index in [9.17, 15) is 18.0 Å². The molecule has 1 aromatic heterocycles. The van der Waals surface area contributed by atoms with E-state index in [2.05, 4.69) is 9.72 Å². The van der Waals surface area contributed by atoms with Crippen LogP contribution >= 0.6 is 0 Å². The third-order valence-electron chi connectivity index (χ3n) is 3.69.